The second kappa shape index (κ2) is 8.49. The Morgan fingerprint density at radius 1 is 0.931 bits per heavy atom. The van der Waals surface area contributed by atoms with E-state index in [9.17, 15) is 4.79 Å². The van der Waals surface area contributed by atoms with Crippen molar-refractivity contribution in [3.8, 4) is 0 Å². The van der Waals surface area contributed by atoms with E-state index >= 15 is 0 Å². The van der Waals surface area contributed by atoms with Crippen LogP contribution in [0.1, 0.15) is 30.9 Å². The van der Waals surface area contributed by atoms with Gasteiger partial charge in [-0.3, -0.25) is 4.79 Å². The fourth-order valence-corrected chi connectivity index (χ4v) is 3.92. The monoisotopic (exact) mass is 404 g/mol. The molecular formula is C23H24N4OS. The van der Waals surface area contributed by atoms with E-state index in [1.54, 1.807) is 0 Å². The van der Waals surface area contributed by atoms with Gasteiger partial charge in [-0.05, 0) is 54.0 Å². The summed E-state index contributed by atoms with van der Waals surface area (Å²) in [7, 11) is 0. The molecule has 148 valence electrons. The van der Waals surface area contributed by atoms with Crippen LogP contribution in [0.25, 0.3) is 21.8 Å². The van der Waals surface area contributed by atoms with Crippen LogP contribution in [-0.4, -0.2) is 25.9 Å². The third kappa shape index (κ3) is 4.17. The number of nitrogens with one attached hydrogen (secondary N) is 3. The Morgan fingerprint density at radius 2 is 1.48 bits per heavy atom. The molecule has 0 radical (unpaired) electrons. The van der Waals surface area contributed by atoms with Crippen LogP contribution < -0.4 is 5.32 Å². The molecule has 0 aliphatic carbocycles. The lowest BCUT2D eigenvalue weighted by atomic mass is 10.1. The second-order valence-corrected chi connectivity index (χ2v) is 7.56. The van der Waals surface area contributed by atoms with Crippen molar-refractivity contribution >= 4 is 45.0 Å². The summed E-state index contributed by atoms with van der Waals surface area (Å²) in [6.07, 6.45) is 5.15. The number of benzene rings is 2. The molecule has 0 bridgehead atoms. The maximum absolute atomic E-state index is 12.2. The van der Waals surface area contributed by atoms with E-state index in [1.807, 2.05) is 31.5 Å². The maximum Gasteiger partial charge on any atom is 0.226 e. The standard InChI is InChI=1S/C23H24N4OS/c1-2-5-22(28)26-23(29)27(14-16-6-3-8-20-18(16)10-12-24-20)15-17-7-4-9-21-19(17)11-13-25-21/h3-4,6-13,24-25H,2,5,14-15H2,1H3,(H,26,28,29). The van der Waals surface area contributed by atoms with Crippen LogP contribution in [-0.2, 0) is 17.9 Å². The maximum atomic E-state index is 12.2. The molecule has 0 aliphatic heterocycles. The molecule has 0 aliphatic rings. The number of carbonyl (C=O) groups excluding carboxylic acids is 1. The molecule has 0 spiro atoms. The van der Waals surface area contributed by atoms with Gasteiger partial charge in [-0.2, -0.15) is 0 Å². The highest BCUT2D eigenvalue weighted by molar-refractivity contribution is 7.80. The highest BCUT2D eigenvalue weighted by Crippen LogP contribution is 2.23. The van der Waals surface area contributed by atoms with Gasteiger partial charge in [0.15, 0.2) is 5.11 Å². The molecule has 3 N–H and O–H groups in total. The molecule has 2 aromatic carbocycles. The van der Waals surface area contributed by atoms with Crippen molar-refractivity contribution in [2.75, 3.05) is 0 Å². The Morgan fingerprint density at radius 3 is 2.00 bits per heavy atom. The number of amides is 1. The number of hydrogen-bond donors (Lipinski definition) is 3. The van der Waals surface area contributed by atoms with Crippen molar-refractivity contribution in [2.45, 2.75) is 32.9 Å². The van der Waals surface area contributed by atoms with Gasteiger partial charge in [0.25, 0.3) is 0 Å². The molecule has 2 heterocycles. The average molecular weight is 405 g/mol. The number of rotatable bonds is 6. The first kappa shape index (κ1) is 19.2. The lowest BCUT2D eigenvalue weighted by molar-refractivity contribution is -0.119. The van der Waals surface area contributed by atoms with Crippen LogP contribution >= 0.6 is 12.2 Å². The molecule has 0 saturated carbocycles. The predicted octanol–water partition coefficient (Wildman–Crippen LogP) is 4.85. The summed E-state index contributed by atoms with van der Waals surface area (Å²) in [4.78, 5) is 20.7. The third-order valence-corrected chi connectivity index (χ3v) is 5.46. The summed E-state index contributed by atoms with van der Waals surface area (Å²) in [6.45, 7) is 3.21. The number of thiocarbonyl (C=S) groups is 1. The smallest absolute Gasteiger partial charge is 0.226 e. The molecule has 4 rings (SSSR count). The highest BCUT2D eigenvalue weighted by Gasteiger charge is 2.16. The van der Waals surface area contributed by atoms with Gasteiger partial charge < -0.3 is 20.2 Å². The Kier molecular flexibility index (Phi) is 5.62. The van der Waals surface area contributed by atoms with Gasteiger partial charge in [0.1, 0.15) is 0 Å². The summed E-state index contributed by atoms with van der Waals surface area (Å²) >= 11 is 5.65. The molecule has 2 aromatic heterocycles. The summed E-state index contributed by atoms with van der Waals surface area (Å²) in [5.41, 5.74) is 4.52. The minimum absolute atomic E-state index is 0.0396. The van der Waals surface area contributed by atoms with Crippen molar-refractivity contribution < 1.29 is 4.79 Å². The van der Waals surface area contributed by atoms with E-state index in [2.05, 4.69) is 56.6 Å². The normalized spacial score (nSPS) is 11.1. The van der Waals surface area contributed by atoms with Gasteiger partial charge in [-0.15, -0.1) is 0 Å². The lowest BCUT2D eigenvalue weighted by Crippen LogP contribution is -2.41. The number of aromatic nitrogens is 2. The molecule has 4 aromatic rings. The Hall–Kier alpha value is -3.12. The van der Waals surface area contributed by atoms with Crippen molar-refractivity contribution in [3.05, 3.63) is 72.1 Å². The molecule has 0 fully saturated rings. The van der Waals surface area contributed by atoms with Crippen molar-refractivity contribution in [1.82, 2.24) is 20.2 Å². The minimum Gasteiger partial charge on any atom is -0.361 e. The van der Waals surface area contributed by atoms with E-state index in [-0.39, 0.29) is 5.91 Å². The largest absolute Gasteiger partial charge is 0.361 e. The number of hydrogen-bond acceptors (Lipinski definition) is 2. The molecule has 0 unspecified atom stereocenters. The summed E-state index contributed by atoms with van der Waals surface area (Å²) in [5, 5.41) is 5.70. The van der Waals surface area contributed by atoms with Gasteiger partial charge in [0, 0.05) is 53.7 Å². The number of H-pyrrole nitrogens is 2. The first-order valence-corrected chi connectivity index (χ1v) is 10.2. The zero-order valence-corrected chi connectivity index (χ0v) is 17.2. The fourth-order valence-electron chi connectivity index (χ4n) is 3.68. The molecule has 0 atom stereocenters. The van der Waals surface area contributed by atoms with Crippen molar-refractivity contribution in [1.29, 1.82) is 0 Å². The first-order chi connectivity index (χ1) is 14.2. The summed E-state index contributed by atoms with van der Waals surface area (Å²) in [6, 6.07) is 16.6. The van der Waals surface area contributed by atoms with Gasteiger partial charge in [0.2, 0.25) is 5.91 Å². The zero-order chi connectivity index (χ0) is 20.2. The topological polar surface area (TPSA) is 63.9 Å². The van der Waals surface area contributed by atoms with Crippen molar-refractivity contribution in [3.63, 3.8) is 0 Å². The summed E-state index contributed by atoms with van der Waals surface area (Å²) in [5.74, 6) is -0.0396. The predicted molar refractivity (Wildman–Crippen MR) is 121 cm³/mol. The van der Waals surface area contributed by atoms with E-state index < -0.39 is 0 Å². The van der Waals surface area contributed by atoms with Gasteiger partial charge in [-0.1, -0.05) is 31.2 Å². The van der Waals surface area contributed by atoms with Crippen LogP contribution in [0.15, 0.2) is 60.9 Å². The Balaban J connectivity index is 1.65. The lowest BCUT2D eigenvalue weighted by Gasteiger charge is -2.26. The first-order valence-electron chi connectivity index (χ1n) is 9.84. The Bertz CT molecular complexity index is 1080. The molecule has 29 heavy (non-hydrogen) atoms. The third-order valence-electron chi connectivity index (χ3n) is 5.10. The number of nitrogens with zero attached hydrogens (tertiary/aromatic N) is 1. The molecule has 1 amide bonds. The van der Waals surface area contributed by atoms with E-state index in [1.165, 1.54) is 10.8 Å². The Labute approximate surface area is 175 Å². The van der Waals surface area contributed by atoms with E-state index in [4.69, 9.17) is 12.2 Å². The zero-order valence-electron chi connectivity index (χ0n) is 16.4. The van der Waals surface area contributed by atoms with Gasteiger partial charge in [0.05, 0.1) is 0 Å². The molecule has 6 heteroatoms. The highest BCUT2D eigenvalue weighted by atomic mass is 32.1. The minimum atomic E-state index is -0.0396. The molecule has 5 nitrogen and oxygen atoms in total. The molecule has 0 saturated heterocycles. The van der Waals surface area contributed by atoms with Crippen LogP contribution in [0.5, 0.6) is 0 Å². The van der Waals surface area contributed by atoms with E-state index in [0.29, 0.717) is 24.6 Å². The molecular weight excluding hydrogens is 380 g/mol. The SMILES string of the molecule is CCCC(=O)NC(=S)N(Cc1cccc2[nH]ccc12)Cc1cccc2[nH]ccc12. The quantitative estimate of drug-likeness (QED) is 0.403. The summed E-state index contributed by atoms with van der Waals surface area (Å²) < 4.78 is 0. The average Bonchev–Trinajstić information content (AvgIpc) is 3.37. The van der Waals surface area contributed by atoms with Crippen LogP contribution in [0.4, 0.5) is 0 Å². The number of fused-ring (bicyclic) bond motifs is 2. The van der Waals surface area contributed by atoms with Gasteiger partial charge in [-0.25, -0.2) is 0 Å². The fraction of sp³-hybridized carbons (Fsp3) is 0.217. The number of carbonyl (C=O) groups is 1. The second-order valence-electron chi connectivity index (χ2n) is 7.17. The number of aromatic amines is 2. The van der Waals surface area contributed by atoms with Crippen LogP contribution in [0, 0.1) is 0 Å². The van der Waals surface area contributed by atoms with E-state index in [0.717, 1.165) is 28.6 Å². The van der Waals surface area contributed by atoms with Crippen LogP contribution in [0.3, 0.4) is 0 Å². The van der Waals surface area contributed by atoms with Crippen molar-refractivity contribution in [2.24, 2.45) is 0 Å². The van der Waals surface area contributed by atoms with Gasteiger partial charge >= 0.3 is 0 Å². The van der Waals surface area contributed by atoms with Crippen LogP contribution in [0.2, 0.25) is 0 Å².